The smallest absolute Gasteiger partial charge is 0.255 e. The first-order chi connectivity index (χ1) is 12.3. The Bertz CT molecular complexity index is 914. The van der Waals surface area contributed by atoms with Crippen LogP contribution in [0.2, 0.25) is 0 Å². The predicted octanol–water partition coefficient (Wildman–Crippen LogP) is 3.41. The van der Waals surface area contributed by atoms with E-state index in [-0.39, 0.29) is 29.4 Å². The summed E-state index contributed by atoms with van der Waals surface area (Å²) in [4.78, 5) is 16.2. The monoisotopic (exact) mass is 381 g/mol. The van der Waals surface area contributed by atoms with E-state index in [1.54, 1.807) is 17.6 Å². The molecule has 1 aliphatic rings. The summed E-state index contributed by atoms with van der Waals surface area (Å²) in [5.41, 5.74) is 1.17. The number of nitrogens with one attached hydrogen (secondary N) is 1. The number of ether oxygens (including phenoxy) is 1. The second-order valence-corrected chi connectivity index (χ2v) is 6.71. The fourth-order valence-electron chi connectivity index (χ4n) is 2.94. The van der Waals surface area contributed by atoms with Crippen LogP contribution >= 0.6 is 11.6 Å². The van der Waals surface area contributed by atoms with Gasteiger partial charge in [0.15, 0.2) is 5.82 Å². The number of aryl methyl sites for hydroxylation is 1. The molecule has 26 heavy (non-hydrogen) atoms. The number of hydrogen-bond donors (Lipinski definition) is 1. The number of pyridine rings is 2. The number of hydrogen-bond acceptors (Lipinski definition) is 4. The molecule has 0 bridgehead atoms. The van der Waals surface area contributed by atoms with Gasteiger partial charge in [0.2, 0.25) is 0 Å². The number of allylic oxidation sites excluding steroid dienone is 1. The molecular weight excluding hydrogens is 364 g/mol. The molecule has 138 valence electrons. The molecule has 1 aliphatic heterocycles. The third-order valence-electron chi connectivity index (χ3n) is 4.25. The van der Waals surface area contributed by atoms with Crippen molar-refractivity contribution in [3.8, 4) is 5.75 Å². The minimum absolute atomic E-state index is 0.0321. The van der Waals surface area contributed by atoms with Gasteiger partial charge in [-0.05, 0) is 31.7 Å². The maximum Gasteiger partial charge on any atom is 0.255 e. The lowest BCUT2D eigenvalue weighted by Gasteiger charge is -2.29. The van der Waals surface area contributed by atoms with Crippen molar-refractivity contribution >= 4 is 11.6 Å². The van der Waals surface area contributed by atoms with Crippen molar-refractivity contribution in [3.63, 3.8) is 0 Å². The summed E-state index contributed by atoms with van der Waals surface area (Å²) in [6.45, 7) is 3.52. The summed E-state index contributed by atoms with van der Waals surface area (Å²) < 4.78 is 33.6. The molecule has 3 rings (SSSR count). The number of nitrogens with zero attached hydrogens (tertiary/aromatic N) is 2. The third kappa shape index (κ3) is 3.88. The van der Waals surface area contributed by atoms with Crippen LogP contribution in [0.3, 0.4) is 0 Å². The van der Waals surface area contributed by atoms with E-state index in [9.17, 15) is 13.6 Å². The van der Waals surface area contributed by atoms with Gasteiger partial charge in [-0.25, -0.2) is 8.78 Å². The quantitative estimate of drug-likeness (QED) is 0.651. The largest absolute Gasteiger partial charge is 0.487 e. The molecule has 5 nitrogen and oxygen atoms in total. The van der Waals surface area contributed by atoms with E-state index in [1.165, 1.54) is 6.07 Å². The Labute approximate surface area is 154 Å². The molecule has 2 atom stereocenters. The molecule has 0 fully saturated rings. The van der Waals surface area contributed by atoms with E-state index in [1.807, 2.05) is 13.1 Å². The number of aromatic nitrogens is 2. The van der Waals surface area contributed by atoms with Gasteiger partial charge in [-0.1, -0.05) is 11.6 Å². The Kier molecular flexibility index (Phi) is 5.27. The first-order valence-corrected chi connectivity index (χ1v) is 8.51. The van der Waals surface area contributed by atoms with Gasteiger partial charge in [-0.2, -0.15) is 0 Å². The Balaban J connectivity index is 1.82. The lowest BCUT2D eigenvalue weighted by atomic mass is 10.0. The average molecular weight is 382 g/mol. The van der Waals surface area contributed by atoms with E-state index in [0.717, 1.165) is 17.8 Å². The average Bonchev–Trinajstić information content (AvgIpc) is 2.56. The van der Waals surface area contributed by atoms with Crippen LogP contribution in [-0.2, 0) is 6.61 Å². The fraction of sp³-hybridized carbons (Fsp3) is 0.333. The molecule has 0 aliphatic carbocycles. The molecule has 3 heterocycles. The zero-order valence-electron chi connectivity index (χ0n) is 14.3. The Morgan fingerprint density at radius 1 is 1.35 bits per heavy atom. The van der Waals surface area contributed by atoms with Crippen LogP contribution in [0.4, 0.5) is 8.78 Å². The fourth-order valence-corrected chi connectivity index (χ4v) is 3.17. The second-order valence-electron chi connectivity index (χ2n) is 6.19. The van der Waals surface area contributed by atoms with Gasteiger partial charge < -0.3 is 14.6 Å². The van der Waals surface area contributed by atoms with Crippen molar-refractivity contribution in [2.45, 2.75) is 38.4 Å². The molecule has 1 unspecified atom stereocenters. The summed E-state index contributed by atoms with van der Waals surface area (Å²) in [5.74, 6) is -1.25. The summed E-state index contributed by atoms with van der Waals surface area (Å²) in [6.07, 6.45) is 3.31. The molecule has 8 heteroatoms. The van der Waals surface area contributed by atoms with Crippen LogP contribution in [0.5, 0.6) is 5.75 Å². The maximum atomic E-state index is 13.6. The first-order valence-electron chi connectivity index (χ1n) is 8.08. The Morgan fingerprint density at radius 2 is 2.12 bits per heavy atom. The van der Waals surface area contributed by atoms with Crippen molar-refractivity contribution in [3.05, 3.63) is 69.5 Å². The van der Waals surface area contributed by atoms with Crippen LogP contribution in [0.15, 0.2) is 41.0 Å². The molecule has 0 radical (unpaired) electrons. The van der Waals surface area contributed by atoms with E-state index in [0.29, 0.717) is 17.9 Å². The second kappa shape index (κ2) is 7.45. The minimum atomic E-state index is -0.793. The number of halogens is 3. The Hall–Kier alpha value is -2.41. The minimum Gasteiger partial charge on any atom is -0.487 e. The van der Waals surface area contributed by atoms with E-state index in [4.69, 9.17) is 16.3 Å². The molecular formula is C18H18ClF2N3O2. The van der Waals surface area contributed by atoms with Gasteiger partial charge in [0, 0.05) is 24.2 Å². The van der Waals surface area contributed by atoms with E-state index in [2.05, 4.69) is 10.3 Å². The molecule has 0 saturated heterocycles. The van der Waals surface area contributed by atoms with E-state index < -0.39 is 11.6 Å². The van der Waals surface area contributed by atoms with Gasteiger partial charge in [-0.3, -0.25) is 9.78 Å². The van der Waals surface area contributed by atoms with Crippen molar-refractivity contribution in [1.29, 1.82) is 0 Å². The van der Waals surface area contributed by atoms with Gasteiger partial charge >= 0.3 is 0 Å². The SMILES string of the molecule is CC1=CNC(Cl)C[C@H]1n1c(C)cc(OCc2ncc(F)cc2F)cc1=O. The lowest BCUT2D eigenvalue weighted by Crippen LogP contribution is -2.35. The van der Waals surface area contributed by atoms with Crippen molar-refractivity contribution in [1.82, 2.24) is 14.9 Å². The summed E-state index contributed by atoms with van der Waals surface area (Å²) >= 11 is 6.14. The lowest BCUT2D eigenvalue weighted by molar-refractivity contribution is 0.291. The van der Waals surface area contributed by atoms with E-state index >= 15 is 0 Å². The molecule has 2 aromatic rings. The highest BCUT2D eigenvalue weighted by Gasteiger charge is 2.24. The zero-order valence-corrected chi connectivity index (χ0v) is 15.1. The van der Waals surface area contributed by atoms with Crippen LogP contribution < -0.4 is 15.6 Å². The molecule has 0 amide bonds. The van der Waals surface area contributed by atoms with Crippen LogP contribution in [-0.4, -0.2) is 15.1 Å². The van der Waals surface area contributed by atoms with Crippen LogP contribution in [0, 0.1) is 18.6 Å². The van der Waals surface area contributed by atoms with Crippen LogP contribution in [0.25, 0.3) is 0 Å². The third-order valence-corrected chi connectivity index (χ3v) is 4.56. The molecule has 0 spiro atoms. The molecule has 1 N–H and O–H groups in total. The topological polar surface area (TPSA) is 56.1 Å². The van der Waals surface area contributed by atoms with Gasteiger partial charge in [0.05, 0.1) is 12.2 Å². The van der Waals surface area contributed by atoms with Gasteiger partial charge in [0.1, 0.15) is 29.4 Å². The summed E-state index contributed by atoms with van der Waals surface area (Å²) in [7, 11) is 0. The standard InChI is InChI=1S/C18H18ClF2N3O2/c1-10-7-23-17(19)6-16(10)24-11(2)3-13(5-18(24)25)26-9-15-14(21)4-12(20)8-22-15/h3-5,7-8,16-17,23H,6,9H2,1-2H3/t16-,17?/m1/s1. The number of alkyl halides is 1. The molecule has 2 aromatic heterocycles. The highest BCUT2D eigenvalue weighted by molar-refractivity contribution is 6.20. The highest BCUT2D eigenvalue weighted by atomic mass is 35.5. The summed E-state index contributed by atoms with van der Waals surface area (Å²) in [5, 5.41) is 3.02. The summed E-state index contributed by atoms with van der Waals surface area (Å²) in [6, 6.07) is 3.63. The van der Waals surface area contributed by atoms with Gasteiger partial charge in [0.25, 0.3) is 5.56 Å². The highest BCUT2D eigenvalue weighted by Crippen LogP contribution is 2.28. The maximum absolute atomic E-state index is 13.6. The van der Waals surface area contributed by atoms with Gasteiger partial charge in [-0.15, -0.1) is 0 Å². The van der Waals surface area contributed by atoms with Crippen LogP contribution in [0.1, 0.15) is 30.8 Å². The molecule has 0 saturated carbocycles. The van der Waals surface area contributed by atoms with Crippen molar-refractivity contribution < 1.29 is 13.5 Å². The number of rotatable bonds is 4. The van der Waals surface area contributed by atoms with Crippen molar-refractivity contribution in [2.24, 2.45) is 0 Å². The zero-order chi connectivity index (χ0) is 18.8. The predicted molar refractivity (Wildman–Crippen MR) is 94.1 cm³/mol. The molecule has 0 aromatic carbocycles. The normalized spacial score (nSPS) is 19.7. The first kappa shape index (κ1) is 18.4. The van der Waals surface area contributed by atoms with Crippen molar-refractivity contribution in [2.75, 3.05) is 0 Å². The Morgan fingerprint density at radius 3 is 2.81 bits per heavy atom.